The number of halogens is 4. The number of anilines is 1. The van der Waals surface area contributed by atoms with Gasteiger partial charge in [0.15, 0.2) is 6.61 Å². The summed E-state index contributed by atoms with van der Waals surface area (Å²) in [6.45, 7) is 1.43. The van der Waals surface area contributed by atoms with E-state index in [2.05, 4.69) is 5.32 Å². The van der Waals surface area contributed by atoms with Crippen LogP contribution in [-0.2, 0) is 11.0 Å². The summed E-state index contributed by atoms with van der Waals surface area (Å²) < 4.78 is 49.2. The Bertz CT molecular complexity index is 1110. The minimum atomic E-state index is -4.70. The topological polar surface area (TPSA) is 68.5 Å². The number of ether oxygens (including phenoxy) is 1. The molecule has 1 N–H and O–H groups in total. The number of carbonyl (C=O) groups excluding carboxylic acids is 1. The maximum atomic E-state index is 13.0. The summed E-state index contributed by atoms with van der Waals surface area (Å²) in [5, 5.41) is 2.64. The van der Waals surface area contributed by atoms with Gasteiger partial charge in [0.25, 0.3) is 5.91 Å². The molecule has 0 aliphatic heterocycles. The minimum absolute atomic E-state index is 0.0696. The van der Waals surface area contributed by atoms with Gasteiger partial charge in [0.2, 0.25) is 0 Å². The predicted octanol–water partition coefficient (Wildman–Crippen LogP) is 4.79. The van der Waals surface area contributed by atoms with Crippen LogP contribution in [0.5, 0.6) is 5.75 Å². The number of benzene rings is 2. The van der Waals surface area contributed by atoms with Gasteiger partial charge >= 0.3 is 11.8 Å². The van der Waals surface area contributed by atoms with Crippen molar-refractivity contribution in [3.63, 3.8) is 0 Å². The number of fused-ring (bicyclic) bond motifs is 1. The molecule has 2 aromatic carbocycles. The maximum absolute atomic E-state index is 13.0. The Hall–Kier alpha value is -3.00. The van der Waals surface area contributed by atoms with Crippen molar-refractivity contribution < 1.29 is 27.1 Å². The summed E-state index contributed by atoms with van der Waals surface area (Å²) in [4.78, 5) is 23.4. The van der Waals surface area contributed by atoms with Crippen LogP contribution in [0, 0.1) is 6.92 Å². The van der Waals surface area contributed by atoms with Crippen LogP contribution < -0.4 is 15.7 Å². The van der Waals surface area contributed by atoms with Gasteiger partial charge in [-0.05, 0) is 36.8 Å². The Morgan fingerprint density at radius 2 is 1.93 bits per heavy atom. The number of amides is 1. The highest BCUT2D eigenvalue weighted by molar-refractivity contribution is 6.33. The summed E-state index contributed by atoms with van der Waals surface area (Å²) in [6.07, 6.45) is -4.70. The predicted molar refractivity (Wildman–Crippen MR) is 97.8 cm³/mol. The number of rotatable bonds is 4. The molecule has 5 nitrogen and oxygen atoms in total. The smallest absolute Gasteiger partial charge is 0.417 e. The molecule has 0 fully saturated rings. The fraction of sp³-hybridized carbons (Fsp3) is 0.158. The second-order valence-corrected chi connectivity index (χ2v) is 6.36. The Morgan fingerprint density at radius 1 is 1.18 bits per heavy atom. The second kappa shape index (κ2) is 7.55. The highest BCUT2D eigenvalue weighted by Crippen LogP contribution is 2.34. The van der Waals surface area contributed by atoms with Crippen LogP contribution in [0.2, 0.25) is 5.02 Å². The highest BCUT2D eigenvalue weighted by Gasteiger charge is 2.33. The molecule has 9 heteroatoms. The SMILES string of the molecule is Cc1ccc(NC(=O)COc2ccc3c(C(F)(F)F)cc(=O)oc3c2)c(Cl)c1. The lowest BCUT2D eigenvalue weighted by atomic mass is 10.1. The Kier molecular flexibility index (Phi) is 5.33. The van der Waals surface area contributed by atoms with Crippen LogP contribution in [0.25, 0.3) is 11.0 Å². The third-order valence-electron chi connectivity index (χ3n) is 3.79. The second-order valence-electron chi connectivity index (χ2n) is 5.95. The molecule has 0 saturated heterocycles. The zero-order chi connectivity index (χ0) is 20.5. The Morgan fingerprint density at radius 3 is 2.61 bits per heavy atom. The highest BCUT2D eigenvalue weighted by atomic mass is 35.5. The third kappa shape index (κ3) is 4.45. The van der Waals surface area contributed by atoms with Crippen LogP contribution >= 0.6 is 11.6 Å². The molecule has 1 aromatic heterocycles. The van der Waals surface area contributed by atoms with Crippen LogP contribution in [0.1, 0.15) is 11.1 Å². The van der Waals surface area contributed by atoms with E-state index in [1.54, 1.807) is 18.2 Å². The maximum Gasteiger partial charge on any atom is 0.417 e. The van der Waals surface area contributed by atoms with Gasteiger partial charge in [-0.1, -0.05) is 17.7 Å². The molecule has 0 unspecified atom stereocenters. The van der Waals surface area contributed by atoms with Crippen molar-refractivity contribution in [2.45, 2.75) is 13.1 Å². The van der Waals surface area contributed by atoms with Gasteiger partial charge in [-0.25, -0.2) is 4.79 Å². The van der Waals surface area contributed by atoms with Gasteiger partial charge < -0.3 is 14.5 Å². The lowest BCUT2D eigenvalue weighted by molar-refractivity contribution is -0.136. The van der Waals surface area contributed by atoms with Crippen molar-refractivity contribution in [3.8, 4) is 5.75 Å². The minimum Gasteiger partial charge on any atom is -0.484 e. The summed E-state index contributed by atoms with van der Waals surface area (Å²) in [5.74, 6) is -0.448. The average molecular weight is 412 g/mol. The molecule has 0 radical (unpaired) electrons. The molecule has 0 bridgehead atoms. The largest absolute Gasteiger partial charge is 0.484 e. The molecular weight excluding hydrogens is 399 g/mol. The van der Waals surface area contributed by atoms with E-state index in [4.69, 9.17) is 20.8 Å². The molecule has 3 rings (SSSR count). The first kappa shape index (κ1) is 19.8. The van der Waals surface area contributed by atoms with E-state index in [1.807, 2.05) is 6.92 Å². The number of carbonyl (C=O) groups is 1. The standard InChI is InChI=1S/C19H13ClF3NO4/c1-10-2-5-15(14(20)6-10)24-17(25)9-27-11-3-4-12-13(19(21,22)23)8-18(26)28-16(12)7-11/h2-8H,9H2,1H3,(H,24,25). The Labute approximate surface area is 161 Å². The molecule has 0 saturated carbocycles. The first-order valence-electron chi connectivity index (χ1n) is 7.97. The Balaban J connectivity index is 1.76. The number of hydrogen-bond acceptors (Lipinski definition) is 4. The van der Waals surface area contributed by atoms with E-state index in [0.717, 1.165) is 17.7 Å². The molecule has 3 aromatic rings. The zero-order valence-electron chi connectivity index (χ0n) is 14.4. The molecule has 28 heavy (non-hydrogen) atoms. The molecule has 0 aliphatic carbocycles. The number of hydrogen-bond donors (Lipinski definition) is 1. The summed E-state index contributed by atoms with van der Waals surface area (Å²) in [5.41, 5.74) is -1.20. The van der Waals surface area contributed by atoms with Crippen molar-refractivity contribution in [2.75, 3.05) is 11.9 Å². The van der Waals surface area contributed by atoms with Crippen LogP contribution in [0.3, 0.4) is 0 Å². The van der Waals surface area contributed by atoms with E-state index in [0.29, 0.717) is 16.8 Å². The first-order chi connectivity index (χ1) is 13.1. The van der Waals surface area contributed by atoms with E-state index in [-0.39, 0.29) is 16.7 Å². The van der Waals surface area contributed by atoms with Crippen molar-refractivity contribution in [1.29, 1.82) is 0 Å². The average Bonchev–Trinajstić information content (AvgIpc) is 2.60. The van der Waals surface area contributed by atoms with Gasteiger partial charge in [0.05, 0.1) is 16.3 Å². The molecule has 146 valence electrons. The van der Waals surface area contributed by atoms with E-state index in [1.165, 1.54) is 6.07 Å². The zero-order valence-corrected chi connectivity index (χ0v) is 15.1. The monoisotopic (exact) mass is 411 g/mol. The summed E-state index contributed by atoms with van der Waals surface area (Å²) in [7, 11) is 0. The van der Waals surface area contributed by atoms with Crippen LogP contribution in [0.4, 0.5) is 18.9 Å². The van der Waals surface area contributed by atoms with Crippen molar-refractivity contribution in [1.82, 2.24) is 0 Å². The van der Waals surface area contributed by atoms with Gasteiger partial charge in [-0.2, -0.15) is 13.2 Å². The fourth-order valence-corrected chi connectivity index (χ4v) is 2.81. The van der Waals surface area contributed by atoms with E-state index >= 15 is 0 Å². The quantitative estimate of drug-likeness (QED) is 0.627. The molecule has 0 spiro atoms. The van der Waals surface area contributed by atoms with Gasteiger partial charge in [0, 0.05) is 17.5 Å². The lowest BCUT2D eigenvalue weighted by Crippen LogP contribution is -2.20. The van der Waals surface area contributed by atoms with Crippen LogP contribution in [-0.4, -0.2) is 12.5 Å². The molecule has 1 amide bonds. The van der Waals surface area contributed by atoms with E-state index in [9.17, 15) is 22.8 Å². The summed E-state index contributed by atoms with van der Waals surface area (Å²) in [6, 6.07) is 8.97. The van der Waals surface area contributed by atoms with Crippen molar-refractivity contribution in [3.05, 3.63) is 69.0 Å². The molecular formula is C19H13ClF3NO4. The molecule has 0 atom stereocenters. The third-order valence-corrected chi connectivity index (χ3v) is 4.10. The fourth-order valence-electron chi connectivity index (χ4n) is 2.52. The first-order valence-corrected chi connectivity index (χ1v) is 8.35. The van der Waals surface area contributed by atoms with Crippen molar-refractivity contribution >= 4 is 34.2 Å². The van der Waals surface area contributed by atoms with Crippen molar-refractivity contribution in [2.24, 2.45) is 0 Å². The normalized spacial score (nSPS) is 11.5. The van der Waals surface area contributed by atoms with Gasteiger partial charge in [0.1, 0.15) is 11.3 Å². The van der Waals surface area contributed by atoms with Gasteiger partial charge in [-0.15, -0.1) is 0 Å². The lowest BCUT2D eigenvalue weighted by Gasteiger charge is -2.11. The number of nitrogens with one attached hydrogen (secondary N) is 1. The number of alkyl halides is 3. The van der Waals surface area contributed by atoms with E-state index < -0.39 is 29.9 Å². The van der Waals surface area contributed by atoms with Crippen LogP contribution in [0.15, 0.2) is 51.7 Å². The van der Waals surface area contributed by atoms with Gasteiger partial charge in [-0.3, -0.25) is 4.79 Å². The summed E-state index contributed by atoms with van der Waals surface area (Å²) >= 11 is 6.03. The number of aryl methyl sites for hydroxylation is 1. The molecule has 1 heterocycles. The molecule has 0 aliphatic rings.